The number of nitrogens with zero attached hydrogens (tertiary/aromatic N) is 10. The van der Waals surface area contributed by atoms with Gasteiger partial charge in [0.2, 0.25) is 0 Å². The van der Waals surface area contributed by atoms with Crippen LogP contribution in [0.25, 0.3) is 16.9 Å². The van der Waals surface area contributed by atoms with E-state index in [0.29, 0.717) is 47.6 Å². The summed E-state index contributed by atoms with van der Waals surface area (Å²) in [5.74, 6) is 5.17. The maximum Gasteiger partial charge on any atom is 0.158 e. The minimum atomic E-state index is -1.83. The first-order valence-corrected chi connectivity index (χ1v) is 28.0. The molecule has 5 heterocycles. The first kappa shape index (κ1) is 57.6. The van der Waals surface area contributed by atoms with Crippen LogP contribution in [-0.2, 0) is 61.1 Å². The molecular weight excluding hydrogens is 913 g/mol. The standard InChI is InChI=1S/C20H29N3O2.C18H27N3O.C17H32N4O2S/c1-20(2,3)12-11-16-7-9-18(10-8-16)23-14-17(21-22-23)15-25-19-6-4-5-13-24-19;1-15-6-8-16(9-7-15)17-14-21(20-19-17)11-13-22-12-5-10-18(2,3)4;1-17(2,3)6-5-10-23-11-7-21-15-16(18-19-21)14-20-8-12-24(4,22)13-9-20/h7-10,14,19H,4-6,11-13,15H2,1-3H3;6-9,14H,5,10-13H2,1-4H3;15H,4-14H2,1-3H3. The Morgan fingerprint density at radius 1 is 0.690 bits per heavy atom. The molecule has 5 aromatic rings. The zero-order valence-corrected chi connectivity index (χ0v) is 45.9. The van der Waals surface area contributed by atoms with Gasteiger partial charge >= 0.3 is 0 Å². The zero-order valence-electron chi connectivity index (χ0n) is 45.1. The van der Waals surface area contributed by atoms with Gasteiger partial charge in [-0.1, -0.05) is 120 Å². The summed E-state index contributed by atoms with van der Waals surface area (Å²) in [6.07, 6.45) is 15.9. The molecule has 3 aromatic heterocycles. The van der Waals surface area contributed by atoms with Gasteiger partial charge in [0.25, 0.3) is 0 Å². The van der Waals surface area contributed by atoms with E-state index in [1.165, 1.54) is 36.8 Å². The van der Waals surface area contributed by atoms with Crippen molar-refractivity contribution in [1.82, 2.24) is 49.9 Å². The summed E-state index contributed by atoms with van der Waals surface area (Å²) < 4.78 is 40.0. The molecule has 1 unspecified atom stereocenters. The fraction of sp³-hybridized carbons (Fsp3) is 0.655. The molecule has 1 atom stereocenters. The Balaban J connectivity index is 0.000000199. The van der Waals surface area contributed by atoms with Gasteiger partial charge in [-0.15, -0.1) is 15.3 Å². The molecule has 0 bridgehead atoms. The first-order valence-electron chi connectivity index (χ1n) is 26.0. The highest BCUT2D eigenvalue weighted by atomic mass is 32.2. The molecule has 15 nitrogen and oxygen atoms in total. The Morgan fingerprint density at radius 2 is 1.28 bits per heavy atom. The molecule has 2 aliphatic rings. The van der Waals surface area contributed by atoms with Crippen LogP contribution in [0.15, 0.2) is 67.1 Å². The van der Waals surface area contributed by atoms with E-state index in [4.69, 9.17) is 18.9 Å². The van der Waals surface area contributed by atoms with Crippen molar-refractivity contribution >= 4 is 15.4 Å². The monoisotopic (exact) mass is 1000 g/mol. The van der Waals surface area contributed by atoms with Crippen molar-refractivity contribution < 1.29 is 23.2 Å². The third-order valence-electron chi connectivity index (χ3n) is 12.2. The van der Waals surface area contributed by atoms with Gasteiger partial charge in [-0.2, -0.15) is 0 Å². The van der Waals surface area contributed by atoms with Crippen molar-refractivity contribution in [2.45, 2.75) is 160 Å². The van der Waals surface area contributed by atoms with Crippen LogP contribution in [0.1, 0.15) is 136 Å². The Bertz CT molecular complexity index is 2340. The van der Waals surface area contributed by atoms with Crippen molar-refractivity contribution in [3.63, 3.8) is 0 Å². The molecule has 7 rings (SSSR count). The van der Waals surface area contributed by atoms with Gasteiger partial charge in [0.05, 0.1) is 56.7 Å². The van der Waals surface area contributed by atoms with Crippen molar-refractivity contribution in [2.75, 3.05) is 57.6 Å². The SMILES string of the molecule is C=S1(=O)CCN(Cc2cn(CCOCCCC(C)(C)C)nn2)CC1.CC(C)(C)CCc1ccc(-n2cc(COC3CCCCO3)nn2)cc1.Cc1ccc(-c2cn(CCOCCCC(C)(C)C)nn2)cc1. The third kappa shape index (κ3) is 23.8. The van der Waals surface area contributed by atoms with E-state index in [-0.39, 0.29) is 6.29 Å². The number of hydrogen-bond acceptors (Lipinski definition) is 12. The molecule has 0 N–H and O–H groups in total. The Kier molecular flexibility index (Phi) is 22.9. The molecule has 0 aliphatic carbocycles. The van der Waals surface area contributed by atoms with Gasteiger partial charge in [-0.05, 0) is 114 Å². The van der Waals surface area contributed by atoms with Crippen molar-refractivity contribution in [3.8, 4) is 16.9 Å². The van der Waals surface area contributed by atoms with Crippen molar-refractivity contribution in [3.05, 3.63) is 89.6 Å². The van der Waals surface area contributed by atoms with Crippen LogP contribution in [0, 0.1) is 23.2 Å². The Morgan fingerprint density at radius 3 is 1.87 bits per heavy atom. The lowest BCUT2D eigenvalue weighted by molar-refractivity contribution is -0.169. The molecular formula is C55H88N10O5S. The lowest BCUT2D eigenvalue weighted by Crippen LogP contribution is -2.39. The highest BCUT2D eigenvalue weighted by Crippen LogP contribution is 2.24. The van der Waals surface area contributed by atoms with Crippen LogP contribution >= 0.6 is 0 Å². The Labute approximate surface area is 426 Å². The van der Waals surface area contributed by atoms with Crippen molar-refractivity contribution in [1.29, 1.82) is 0 Å². The maximum atomic E-state index is 11.9. The predicted octanol–water partition coefficient (Wildman–Crippen LogP) is 10.0. The summed E-state index contributed by atoms with van der Waals surface area (Å²) in [6, 6.07) is 16.9. The molecule has 0 amide bonds. The zero-order chi connectivity index (χ0) is 51.3. The number of ether oxygens (including phenoxy) is 4. The summed E-state index contributed by atoms with van der Waals surface area (Å²) in [5.41, 5.74) is 8.55. The minimum absolute atomic E-state index is 0.0963. The van der Waals surface area contributed by atoms with E-state index >= 15 is 0 Å². The molecule has 2 aliphatic heterocycles. The lowest BCUT2D eigenvalue weighted by Gasteiger charge is -2.27. The largest absolute Gasteiger partial charge is 0.380 e. The second-order valence-corrected chi connectivity index (χ2v) is 25.6. The van der Waals surface area contributed by atoms with Gasteiger partial charge in [-0.3, -0.25) is 9.11 Å². The lowest BCUT2D eigenvalue weighted by atomic mass is 9.89. The molecule has 16 heteroatoms. The van der Waals surface area contributed by atoms with E-state index < -0.39 is 9.52 Å². The minimum Gasteiger partial charge on any atom is -0.380 e. The fourth-order valence-corrected chi connectivity index (χ4v) is 9.14. The normalized spacial score (nSPS) is 16.5. The number of benzene rings is 2. The van der Waals surface area contributed by atoms with Crippen LogP contribution in [0.2, 0.25) is 0 Å². The molecule has 71 heavy (non-hydrogen) atoms. The molecule has 2 saturated heterocycles. The van der Waals surface area contributed by atoms with Gasteiger partial charge in [0.1, 0.15) is 11.4 Å². The predicted molar refractivity (Wildman–Crippen MR) is 287 cm³/mol. The molecule has 0 radical (unpaired) electrons. The maximum absolute atomic E-state index is 11.9. The highest BCUT2D eigenvalue weighted by Gasteiger charge is 2.19. The average molecular weight is 1000 g/mol. The summed E-state index contributed by atoms with van der Waals surface area (Å²) in [7, 11) is -1.83. The van der Waals surface area contributed by atoms with Gasteiger partial charge in [0.15, 0.2) is 6.29 Å². The van der Waals surface area contributed by atoms with Crippen LogP contribution < -0.4 is 0 Å². The van der Waals surface area contributed by atoms with E-state index in [2.05, 4.69) is 159 Å². The van der Waals surface area contributed by atoms with E-state index in [0.717, 1.165) is 113 Å². The smallest absolute Gasteiger partial charge is 0.158 e. The molecule has 394 valence electrons. The summed E-state index contributed by atoms with van der Waals surface area (Å²) >= 11 is 0. The Hall–Kier alpha value is -4.32. The highest BCUT2D eigenvalue weighted by molar-refractivity contribution is 8.00. The average Bonchev–Trinajstić information content (AvgIpc) is 4.11. The van der Waals surface area contributed by atoms with E-state index in [1.807, 2.05) is 28.0 Å². The van der Waals surface area contributed by atoms with Crippen LogP contribution in [0.3, 0.4) is 0 Å². The topological polar surface area (TPSA) is 149 Å². The molecule has 0 spiro atoms. The summed E-state index contributed by atoms with van der Waals surface area (Å²) in [6.45, 7) is 30.5. The molecule has 2 aromatic carbocycles. The summed E-state index contributed by atoms with van der Waals surface area (Å²) in [5, 5.41) is 25.2. The fourth-order valence-electron chi connectivity index (χ4n) is 7.75. The number of aryl methyl sites for hydroxylation is 2. The van der Waals surface area contributed by atoms with Crippen LogP contribution in [0.5, 0.6) is 0 Å². The van der Waals surface area contributed by atoms with Crippen LogP contribution in [0.4, 0.5) is 0 Å². The third-order valence-corrected chi connectivity index (χ3v) is 14.1. The number of hydrogen-bond donors (Lipinski definition) is 0. The van der Waals surface area contributed by atoms with E-state index in [1.54, 1.807) is 4.68 Å². The summed E-state index contributed by atoms with van der Waals surface area (Å²) in [4.78, 5) is 2.27. The first-order chi connectivity index (χ1) is 33.7. The van der Waals surface area contributed by atoms with Gasteiger partial charge in [0, 0.05) is 62.7 Å². The second-order valence-electron chi connectivity index (χ2n) is 22.9. The van der Waals surface area contributed by atoms with E-state index in [9.17, 15) is 4.21 Å². The van der Waals surface area contributed by atoms with Crippen molar-refractivity contribution in [2.24, 2.45) is 16.2 Å². The molecule has 0 saturated carbocycles. The number of rotatable bonds is 21. The molecule has 2 fully saturated rings. The van der Waals surface area contributed by atoms with Gasteiger partial charge in [-0.25, -0.2) is 14.0 Å². The quantitative estimate of drug-likeness (QED) is 0.0509. The number of aromatic nitrogens is 9. The second kappa shape index (κ2) is 28.2. The van der Waals surface area contributed by atoms with Crippen LogP contribution in [-0.4, -0.2) is 124 Å². The van der Waals surface area contributed by atoms with Gasteiger partial charge < -0.3 is 18.9 Å².